The highest BCUT2D eigenvalue weighted by Gasteiger charge is 2.36. The zero-order chi connectivity index (χ0) is 31.7. The molecule has 238 valence electrons. The van der Waals surface area contributed by atoms with Crippen molar-refractivity contribution in [3.8, 4) is 17.0 Å². The fraction of sp³-hybridized carbons (Fsp3) is 0.441. The third-order valence-electron chi connectivity index (χ3n) is 9.03. The van der Waals surface area contributed by atoms with Crippen LogP contribution in [0.1, 0.15) is 42.7 Å². The standard InChI is InChI=1S/C34H40ClFN6O3/c1-4-25-21-40(34(44)42-15-12-22-18-23(36)19-27(35)32(22)42)16-17-41(25)29-11-10-28(26-8-6-7-9-30(26)45-5-2)38-31(29)33(43)37-24-13-14-39(3)20-24/h6-11,18-19,24-25H,4-5,12-17,20-21H2,1-3H3,(H,37,43)/t24-,25+/m0/s1. The van der Waals surface area contributed by atoms with E-state index < -0.39 is 5.82 Å². The summed E-state index contributed by atoms with van der Waals surface area (Å²) in [7, 11) is 2.06. The van der Waals surface area contributed by atoms with Crippen LogP contribution in [0.2, 0.25) is 5.02 Å². The van der Waals surface area contributed by atoms with Crippen molar-refractivity contribution in [3.05, 3.63) is 70.6 Å². The van der Waals surface area contributed by atoms with E-state index >= 15 is 0 Å². The van der Waals surface area contributed by atoms with Crippen molar-refractivity contribution in [2.24, 2.45) is 0 Å². The summed E-state index contributed by atoms with van der Waals surface area (Å²) in [6.45, 7) is 8.21. The second kappa shape index (κ2) is 13.2. The molecule has 2 fully saturated rings. The van der Waals surface area contributed by atoms with Gasteiger partial charge < -0.3 is 24.8 Å². The Morgan fingerprint density at radius 3 is 2.64 bits per heavy atom. The third kappa shape index (κ3) is 6.31. The number of urea groups is 1. The average Bonchev–Trinajstić information content (AvgIpc) is 3.66. The number of nitrogens with one attached hydrogen (secondary N) is 1. The number of benzene rings is 2. The molecule has 0 aliphatic carbocycles. The number of ether oxygens (including phenoxy) is 1. The molecule has 0 bridgehead atoms. The summed E-state index contributed by atoms with van der Waals surface area (Å²) in [5.74, 6) is 0.118. The summed E-state index contributed by atoms with van der Waals surface area (Å²) >= 11 is 6.40. The van der Waals surface area contributed by atoms with Crippen LogP contribution in [0.5, 0.6) is 5.75 Å². The predicted molar refractivity (Wildman–Crippen MR) is 175 cm³/mol. The second-order valence-electron chi connectivity index (χ2n) is 12.0. The van der Waals surface area contributed by atoms with Crippen molar-refractivity contribution in [3.63, 3.8) is 0 Å². The maximum atomic E-state index is 14.0. The van der Waals surface area contributed by atoms with E-state index in [1.54, 1.807) is 4.90 Å². The van der Waals surface area contributed by atoms with Gasteiger partial charge in [0.05, 0.1) is 28.7 Å². The molecule has 2 atom stereocenters. The lowest BCUT2D eigenvalue weighted by Crippen LogP contribution is -2.57. The molecule has 11 heteroatoms. The molecule has 0 radical (unpaired) electrons. The van der Waals surface area contributed by atoms with Crippen molar-refractivity contribution < 1.29 is 18.7 Å². The summed E-state index contributed by atoms with van der Waals surface area (Å²) in [5, 5.41) is 3.48. The lowest BCUT2D eigenvalue weighted by molar-refractivity contribution is 0.0933. The first-order chi connectivity index (χ1) is 21.8. The van der Waals surface area contributed by atoms with Crippen LogP contribution >= 0.6 is 11.6 Å². The lowest BCUT2D eigenvalue weighted by atomic mass is 10.0. The number of fused-ring (bicyclic) bond motifs is 1. The smallest absolute Gasteiger partial charge is 0.324 e. The summed E-state index contributed by atoms with van der Waals surface area (Å²) in [4.78, 5) is 40.6. The Kier molecular flexibility index (Phi) is 9.14. The highest BCUT2D eigenvalue weighted by atomic mass is 35.5. The van der Waals surface area contributed by atoms with Crippen LogP contribution < -0.4 is 19.9 Å². The minimum absolute atomic E-state index is 0.0408. The van der Waals surface area contributed by atoms with Gasteiger partial charge in [0.15, 0.2) is 5.69 Å². The Bertz CT molecular complexity index is 1590. The Labute approximate surface area is 268 Å². The number of likely N-dealkylation sites (tertiary alicyclic amines) is 1. The van der Waals surface area contributed by atoms with Crippen LogP contribution in [-0.2, 0) is 6.42 Å². The molecule has 0 saturated carbocycles. The summed E-state index contributed by atoms with van der Waals surface area (Å²) in [5.41, 5.74) is 3.96. The fourth-order valence-electron chi connectivity index (χ4n) is 6.78. The van der Waals surface area contributed by atoms with Gasteiger partial charge in [0.2, 0.25) is 0 Å². The van der Waals surface area contributed by atoms with E-state index in [2.05, 4.69) is 29.1 Å². The predicted octanol–water partition coefficient (Wildman–Crippen LogP) is 5.46. The van der Waals surface area contributed by atoms with E-state index in [1.807, 2.05) is 48.2 Å². The zero-order valence-corrected chi connectivity index (χ0v) is 26.8. The molecular weight excluding hydrogens is 595 g/mol. The van der Waals surface area contributed by atoms with Gasteiger partial charge >= 0.3 is 6.03 Å². The topological polar surface area (TPSA) is 81.2 Å². The molecule has 9 nitrogen and oxygen atoms in total. The number of hydrogen-bond acceptors (Lipinski definition) is 6. The van der Waals surface area contributed by atoms with E-state index in [-0.39, 0.29) is 29.0 Å². The molecular formula is C34H40ClFN6O3. The van der Waals surface area contributed by atoms with Crippen molar-refractivity contribution >= 4 is 34.9 Å². The fourth-order valence-corrected chi connectivity index (χ4v) is 7.11. The van der Waals surface area contributed by atoms with Gasteiger partial charge in [-0.15, -0.1) is 0 Å². The van der Waals surface area contributed by atoms with Gasteiger partial charge in [-0.2, -0.15) is 0 Å². The summed E-state index contributed by atoms with van der Waals surface area (Å²) < 4.78 is 19.8. The van der Waals surface area contributed by atoms with Crippen molar-refractivity contribution in [1.82, 2.24) is 20.1 Å². The molecule has 0 unspecified atom stereocenters. The summed E-state index contributed by atoms with van der Waals surface area (Å²) in [6.07, 6.45) is 2.21. The minimum atomic E-state index is -0.395. The number of carbonyl (C=O) groups is 2. The van der Waals surface area contributed by atoms with Crippen LogP contribution in [0.15, 0.2) is 48.5 Å². The number of amides is 3. The first-order valence-electron chi connectivity index (χ1n) is 15.8. The molecule has 3 amide bonds. The third-order valence-corrected chi connectivity index (χ3v) is 9.31. The normalized spacial score (nSPS) is 20.0. The number of rotatable bonds is 7. The summed E-state index contributed by atoms with van der Waals surface area (Å²) in [6, 6.07) is 14.2. The number of nitrogens with zero attached hydrogens (tertiary/aromatic N) is 5. The molecule has 3 aliphatic heterocycles. The number of anilines is 2. The van der Waals surface area contributed by atoms with Crippen LogP contribution in [0, 0.1) is 5.82 Å². The maximum Gasteiger partial charge on any atom is 0.324 e. The zero-order valence-electron chi connectivity index (χ0n) is 26.1. The molecule has 4 heterocycles. The molecule has 1 aromatic heterocycles. The van der Waals surface area contributed by atoms with Crippen molar-refractivity contribution in [2.75, 3.05) is 62.7 Å². The van der Waals surface area contributed by atoms with E-state index in [0.29, 0.717) is 62.0 Å². The van der Waals surface area contributed by atoms with E-state index in [9.17, 15) is 14.0 Å². The number of carbonyl (C=O) groups excluding carboxylic acids is 2. The molecule has 3 aromatic rings. The monoisotopic (exact) mass is 634 g/mol. The first kappa shape index (κ1) is 31.1. The van der Waals surface area contributed by atoms with Gasteiger partial charge in [0.1, 0.15) is 11.6 Å². The van der Waals surface area contributed by atoms with Gasteiger partial charge in [-0.25, -0.2) is 14.2 Å². The Hall–Kier alpha value is -3.89. The molecule has 2 aromatic carbocycles. The van der Waals surface area contributed by atoms with E-state index in [0.717, 1.165) is 42.7 Å². The van der Waals surface area contributed by atoms with Gasteiger partial charge in [-0.1, -0.05) is 30.7 Å². The molecule has 0 spiro atoms. The molecule has 1 N–H and O–H groups in total. The van der Waals surface area contributed by atoms with Crippen LogP contribution in [0.3, 0.4) is 0 Å². The molecule has 6 rings (SSSR count). The van der Waals surface area contributed by atoms with Gasteiger partial charge in [0, 0.05) is 50.4 Å². The molecule has 3 aliphatic rings. The quantitative estimate of drug-likeness (QED) is 0.372. The van der Waals surface area contributed by atoms with Crippen LogP contribution in [0.4, 0.5) is 20.6 Å². The highest BCUT2D eigenvalue weighted by Crippen LogP contribution is 2.38. The maximum absolute atomic E-state index is 14.0. The van der Waals surface area contributed by atoms with Crippen LogP contribution in [0.25, 0.3) is 11.3 Å². The van der Waals surface area contributed by atoms with Crippen molar-refractivity contribution in [1.29, 1.82) is 0 Å². The number of likely N-dealkylation sites (N-methyl/N-ethyl adjacent to an activating group) is 1. The minimum Gasteiger partial charge on any atom is -0.493 e. The molecule has 2 saturated heterocycles. The lowest BCUT2D eigenvalue weighted by Gasteiger charge is -2.44. The average molecular weight is 635 g/mol. The first-order valence-corrected chi connectivity index (χ1v) is 16.2. The Balaban J connectivity index is 1.28. The van der Waals surface area contributed by atoms with E-state index in [1.165, 1.54) is 12.1 Å². The van der Waals surface area contributed by atoms with Crippen molar-refractivity contribution in [2.45, 2.75) is 45.2 Å². The number of pyridine rings is 1. The number of aromatic nitrogens is 1. The molecule has 45 heavy (non-hydrogen) atoms. The van der Waals surface area contributed by atoms with Gasteiger partial charge in [0.25, 0.3) is 5.91 Å². The Morgan fingerprint density at radius 2 is 1.89 bits per heavy atom. The van der Waals surface area contributed by atoms with E-state index in [4.69, 9.17) is 21.3 Å². The van der Waals surface area contributed by atoms with Crippen LogP contribution in [-0.4, -0.2) is 91.7 Å². The number of para-hydroxylation sites is 1. The SMILES string of the molecule is CCOc1ccccc1-c1ccc(N2CCN(C(=O)N3CCc4cc(F)cc(Cl)c43)C[C@H]2CC)c(C(=O)N[C@H]2CCN(C)C2)n1. The number of halogens is 2. The number of hydrogen-bond donors (Lipinski definition) is 1. The Morgan fingerprint density at radius 1 is 1.07 bits per heavy atom. The highest BCUT2D eigenvalue weighted by molar-refractivity contribution is 6.34. The van der Waals surface area contributed by atoms with Gasteiger partial charge in [-0.3, -0.25) is 9.69 Å². The van der Waals surface area contributed by atoms with Gasteiger partial charge in [-0.05, 0) is 81.7 Å². The number of piperazine rings is 1. The largest absolute Gasteiger partial charge is 0.493 e. The second-order valence-corrected chi connectivity index (χ2v) is 12.4.